The SMILES string of the molecule is CN(Cc1cccnc1)[C@H]1CCCNC1.Cl. The number of piperidine rings is 1. The van der Waals surface area contributed by atoms with Crippen molar-refractivity contribution in [3.63, 3.8) is 0 Å². The molecule has 0 radical (unpaired) electrons. The normalized spacial score (nSPS) is 20.5. The second kappa shape index (κ2) is 6.84. The summed E-state index contributed by atoms with van der Waals surface area (Å²) < 4.78 is 0. The lowest BCUT2D eigenvalue weighted by molar-refractivity contribution is 0.195. The van der Waals surface area contributed by atoms with Crippen molar-refractivity contribution in [2.75, 3.05) is 20.1 Å². The van der Waals surface area contributed by atoms with Crippen LogP contribution in [-0.4, -0.2) is 36.1 Å². The minimum Gasteiger partial charge on any atom is -0.315 e. The van der Waals surface area contributed by atoms with Gasteiger partial charge in [-0.15, -0.1) is 12.4 Å². The third-order valence-corrected chi connectivity index (χ3v) is 3.05. The van der Waals surface area contributed by atoms with Crippen molar-refractivity contribution in [1.82, 2.24) is 15.2 Å². The van der Waals surface area contributed by atoms with Gasteiger partial charge in [-0.3, -0.25) is 9.88 Å². The average Bonchev–Trinajstić information content (AvgIpc) is 2.31. The van der Waals surface area contributed by atoms with Crippen LogP contribution in [0.2, 0.25) is 0 Å². The third-order valence-electron chi connectivity index (χ3n) is 3.05. The van der Waals surface area contributed by atoms with Gasteiger partial charge < -0.3 is 5.32 Å². The standard InChI is InChI=1S/C12H19N3.ClH/c1-15(12-5-3-7-14-9-12)10-11-4-2-6-13-8-11;/h2,4,6,8,12,14H,3,5,7,9-10H2,1H3;1H/t12-;/m0./s1. The molecule has 1 saturated heterocycles. The highest BCUT2D eigenvalue weighted by Gasteiger charge is 2.17. The maximum absolute atomic E-state index is 4.14. The van der Waals surface area contributed by atoms with Crippen molar-refractivity contribution in [3.05, 3.63) is 30.1 Å². The Hall–Kier alpha value is -0.640. The third kappa shape index (κ3) is 3.74. The van der Waals surface area contributed by atoms with E-state index >= 15 is 0 Å². The molecule has 1 atom stereocenters. The zero-order valence-corrected chi connectivity index (χ0v) is 10.5. The van der Waals surface area contributed by atoms with E-state index in [1.54, 1.807) is 0 Å². The highest BCUT2D eigenvalue weighted by Crippen LogP contribution is 2.11. The minimum absolute atomic E-state index is 0. The molecule has 3 nitrogen and oxygen atoms in total. The minimum atomic E-state index is 0. The van der Waals surface area contributed by atoms with Gasteiger partial charge in [-0.25, -0.2) is 0 Å². The van der Waals surface area contributed by atoms with E-state index in [0.29, 0.717) is 6.04 Å². The highest BCUT2D eigenvalue weighted by molar-refractivity contribution is 5.85. The van der Waals surface area contributed by atoms with E-state index in [1.807, 2.05) is 18.5 Å². The Balaban J connectivity index is 0.00000128. The van der Waals surface area contributed by atoms with Gasteiger partial charge in [0.05, 0.1) is 0 Å². The molecule has 0 spiro atoms. The lowest BCUT2D eigenvalue weighted by Crippen LogP contribution is -2.43. The number of likely N-dealkylation sites (N-methyl/N-ethyl adjacent to an activating group) is 1. The van der Waals surface area contributed by atoms with Gasteiger partial charge in [0, 0.05) is 31.5 Å². The fraction of sp³-hybridized carbons (Fsp3) is 0.583. The summed E-state index contributed by atoms with van der Waals surface area (Å²) in [4.78, 5) is 6.56. The van der Waals surface area contributed by atoms with Crippen LogP contribution in [0.5, 0.6) is 0 Å². The van der Waals surface area contributed by atoms with Crippen molar-refractivity contribution in [1.29, 1.82) is 0 Å². The predicted octanol–water partition coefficient (Wildman–Crippen LogP) is 1.69. The molecule has 1 aromatic heterocycles. The molecule has 90 valence electrons. The molecule has 0 bridgehead atoms. The molecule has 1 aliphatic heterocycles. The Labute approximate surface area is 104 Å². The Morgan fingerprint density at radius 2 is 2.44 bits per heavy atom. The van der Waals surface area contributed by atoms with Crippen LogP contribution in [0.3, 0.4) is 0 Å². The monoisotopic (exact) mass is 241 g/mol. The summed E-state index contributed by atoms with van der Waals surface area (Å²) in [5, 5.41) is 3.44. The molecule has 4 heteroatoms. The lowest BCUT2D eigenvalue weighted by Gasteiger charge is -2.31. The Morgan fingerprint density at radius 3 is 3.06 bits per heavy atom. The summed E-state index contributed by atoms with van der Waals surface area (Å²) in [6.45, 7) is 3.30. The number of aromatic nitrogens is 1. The topological polar surface area (TPSA) is 28.2 Å². The Morgan fingerprint density at radius 1 is 1.56 bits per heavy atom. The maximum atomic E-state index is 4.14. The first-order valence-corrected chi connectivity index (χ1v) is 5.66. The van der Waals surface area contributed by atoms with Gasteiger partial charge in [-0.05, 0) is 38.1 Å². The van der Waals surface area contributed by atoms with Crippen LogP contribution in [0.25, 0.3) is 0 Å². The van der Waals surface area contributed by atoms with Crippen LogP contribution in [-0.2, 0) is 6.54 Å². The molecule has 2 heterocycles. The smallest absolute Gasteiger partial charge is 0.0312 e. The number of pyridine rings is 1. The van der Waals surface area contributed by atoms with Crippen molar-refractivity contribution in [2.45, 2.75) is 25.4 Å². The predicted molar refractivity (Wildman–Crippen MR) is 68.8 cm³/mol. The lowest BCUT2D eigenvalue weighted by atomic mass is 10.1. The largest absolute Gasteiger partial charge is 0.315 e. The highest BCUT2D eigenvalue weighted by atomic mass is 35.5. The molecule has 0 aliphatic carbocycles. The molecule has 1 N–H and O–H groups in total. The van der Waals surface area contributed by atoms with E-state index in [1.165, 1.54) is 24.9 Å². The van der Waals surface area contributed by atoms with Gasteiger partial charge >= 0.3 is 0 Å². The molecule has 1 aliphatic rings. The van der Waals surface area contributed by atoms with Crippen molar-refractivity contribution < 1.29 is 0 Å². The Kier molecular flexibility index (Phi) is 5.74. The van der Waals surface area contributed by atoms with Crippen LogP contribution >= 0.6 is 12.4 Å². The first-order chi connectivity index (χ1) is 7.36. The quantitative estimate of drug-likeness (QED) is 0.873. The zero-order chi connectivity index (χ0) is 10.5. The summed E-state index contributed by atoms with van der Waals surface area (Å²) in [5.41, 5.74) is 1.30. The molecule has 0 saturated carbocycles. The average molecular weight is 242 g/mol. The molecule has 1 aromatic rings. The van der Waals surface area contributed by atoms with E-state index in [0.717, 1.165) is 13.1 Å². The van der Waals surface area contributed by atoms with Crippen molar-refractivity contribution >= 4 is 12.4 Å². The Bertz CT molecular complexity index is 286. The maximum Gasteiger partial charge on any atom is 0.0312 e. The van der Waals surface area contributed by atoms with Gasteiger partial charge in [0.1, 0.15) is 0 Å². The first-order valence-electron chi connectivity index (χ1n) is 5.66. The summed E-state index contributed by atoms with van der Waals surface area (Å²) in [6.07, 6.45) is 6.38. The zero-order valence-electron chi connectivity index (χ0n) is 9.72. The van der Waals surface area contributed by atoms with E-state index < -0.39 is 0 Å². The number of nitrogens with zero attached hydrogens (tertiary/aromatic N) is 2. The molecular weight excluding hydrogens is 222 g/mol. The van der Waals surface area contributed by atoms with Crippen LogP contribution in [0.4, 0.5) is 0 Å². The second-order valence-electron chi connectivity index (χ2n) is 4.28. The van der Waals surface area contributed by atoms with Gasteiger partial charge in [-0.2, -0.15) is 0 Å². The van der Waals surface area contributed by atoms with Gasteiger partial charge in [0.25, 0.3) is 0 Å². The fourth-order valence-corrected chi connectivity index (χ4v) is 2.12. The summed E-state index contributed by atoms with van der Waals surface area (Å²) in [7, 11) is 2.20. The van der Waals surface area contributed by atoms with Crippen LogP contribution in [0.15, 0.2) is 24.5 Å². The van der Waals surface area contributed by atoms with E-state index in [-0.39, 0.29) is 12.4 Å². The van der Waals surface area contributed by atoms with E-state index in [4.69, 9.17) is 0 Å². The molecule has 1 fully saturated rings. The van der Waals surface area contributed by atoms with E-state index in [9.17, 15) is 0 Å². The molecule has 0 unspecified atom stereocenters. The van der Waals surface area contributed by atoms with Gasteiger partial charge in [0.15, 0.2) is 0 Å². The number of nitrogens with one attached hydrogen (secondary N) is 1. The first kappa shape index (κ1) is 13.4. The summed E-state index contributed by atoms with van der Waals surface area (Å²) >= 11 is 0. The van der Waals surface area contributed by atoms with Gasteiger partial charge in [-0.1, -0.05) is 6.07 Å². The summed E-state index contributed by atoms with van der Waals surface area (Å²) in [5.74, 6) is 0. The molecule has 2 rings (SSSR count). The second-order valence-corrected chi connectivity index (χ2v) is 4.28. The molecular formula is C12H20ClN3. The number of hydrogen-bond acceptors (Lipinski definition) is 3. The number of rotatable bonds is 3. The van der Waals surface area contributed by atoms with Crippen molar-refractivity contribution in [3.8, 4) is 0 Å². The fourth-order valence-electron chi connectivity index (χ4n) is 2.12. The van der Waals surface area contributed by atoms with Gasteiger partial charge in [0.2, 0.25) is 0 Å². The molecule has 0 aromatic carbocycles. The van der Waals surface area contributed by atoms with Crippen LogP contribution in [0, 0.1) is 0 Å². The molecule has 0 amide bonds. The summed E-state index contributed by atoms with van der Waals surface area (Å²) in [6, 6.07) is 4.82. The van der Waals surface area contributed by atoms with E-state index in [2.05, 4.69) is 28.3 Å². The molecule has 16 heavy (non-hydrogen) atoms. The number of hydrogen-bond donors (Lipinski definition) is 1. The van der Waals surface area contributed by atoms with Crippen LogP contribution < -0.4 is 5.32 Å². The van der Waals surface area contributed by atoms with Crippen LogP contribution in [0.1, 0.15) is 18.4 Å². The number of halogens is 1. The van der Waals surface area contributed by atoms with Crippen molar-refractivity contribution in [2.24, 2.45) is 0 Å².